The number of alkyl halides is 3. The van der Waals surface area contributed by atoms with E-state index in [1.807, 2.05) is 6.92 Å². The standard InChI is InChI=1S/C21H25F3N4O2/c1-12-8-16(10-25-20(12)30-11-21(22,23)24)14(3)27-19(29)17-9-13(2)26-18(28-17)15-6-4-5-7-15/h8-10,14-15H,4-7,11H2,1-3H3,(H,27,29). The van der Waals surface area contributed by atoms with Crippen LogP contribution in [-0.2, 0) is 0 Å². The van der Waals surface area contributed by atoms with Gasteiger partial charge in [0.25, 0.3) is 5.91 Å². The van der Waals surface area contributed by atoms with Crippen molar-refractivity contribution in [3.05, 3.63) is 46.7 Å². The molecule has 6 nitrogen and oxygen atoms in total. The van der Waals surface area contributed by atoms with Crippen molar-refractivity contribution in [2.24, 2.45) is 0 Å². The molecule has 1 aliphatic carbocycles. The first-order valence-corrected chi connectivity index (χ1v) is 9.95. The van der Waals surface area contributed by atoms with Gasteiger partial charge in [0, 0.05) is 23.4 Å². The highest BCUT2D eigenvalue weighted by Gasteiger charge is 2.29. The van der Waals surface area contributed by atoms with Gasteiger partial charge in [-0.25, -0.2) is 15.0 Å². The molecule has 1 unspecified atom stereocenters. The van der Waals surface area contributed by atoms with E-state index in [1.165, 1.54) is 6.20 Å². The van der Waals surface area contributed by atoms with E-state index in [-0.39, 0.29) is 11.8 Å². The molecule has 0 saturated heterocycles. The topological polar surface area (TPSA) is 77.0 Å². The molecule has 30 heavy (non-hydrogen) atoms. The zero-order chi connectivity index (χ0) is 21.9. The second-order valence-corrected chi connectivity index (χ2v) is 7.72. The SMILES string of the molecule is Cc1cc(C(=O)NC(C)c2cnc(OCC(F)(F)F)c(C)c2)nc(C2CCCC2)n1. The summed E-state index contributed by atoms with van der Waals surface area (Å²) < 4.78 is 41.7. The number of rotatable bonds is 6. The predicted molar refractivity (Wildman–Crippen MR) is 104 cm³/mol. The van der Waals surface area contributed by atoms with Crippen LogP contribution >= 0.6 is 0 Å². The van der Waals surface area contributed by atoms with Gasteiger partial charge in [-0.3, -0.25) is 4.79 Å². The average Bonchev–Trinajstić information content (AvgIpc) is 3.20. The van der Waals surface area contributed by atoms with E-state index in [2.05, 4.69) is 20.3 Å². The van der Waals surface area contributed by atoms with Crippen LogP contribution in [0, 0.1) is 13.8 Å². The van der Waals surface area contributed by atoms with Gasteiger partial charge in [0.1, 0.15) is 11.5 Å². The number of pyridine rings is 1. The Balaban J connectivity index is 1.69. The van der Waals surface area contributed by atoms with Gasteiger partial charge < -0.3 is 10.1 Å². The van der Waals surface area contributed by atoms with Crippen LogP contribution in [0.2, 0.25) is 0 Å². The van der Waals surface area contributed by atoms with E-state index < -0.39 is 18.8 Å². The molecule has 3 rings (SSSR count). The Hall–Kier alpha value is -2.71. The summed E-state index contributed by atoms with van der Waals surface area (Å²) >= 11 is 0. The fourth-order valence-corrected chi connectivity index (χ4v) is 3.55. The molecule has 0 radical (unpaired) electrons. The van der Waals surface area contributed by atoms with Crippen molar-refractivity contribution >= 4 is 5.91 Å². The van der Waals surface area contributed by atoms with E-state index in [9.17, 15) is 18.0 Å². The summed E-state index contributed by atoms with van der Waals surface area (Å²) in [5.41, 5.74) is 2.17. The number of aryl methyl sites for hydroxylation is 2. The Morgan fingerprint density at radius 3 is 2.57 bits per heavy atom. The van der Waals surface area contributed by atoms with Gasteiger partial charge in [-0.1, -0.05) is 12.8 Å². The monoisotopic (exact) mass is 422 g/mol. The molecule has 2 aromatic rings. The Labute approximate surface area is 173 Å². The van der Waals surface area contributed by atoms with Gasteiger partial charge >= 0.3 is 6.18 Å². The van der Waals surface area contributed by atoms with E-state index >= 15 is 0 Å². The van der Waals surface area contributed by atoms with Crippen LogP contribution in [0.5, 0.6) is 5.88 Å². The number of halogens is 3. The first kappa shape index (κ1) is 22.0. The average molecular weight is 422 g/mol. The van der Waals surface area contributed by atoms with Crippen molar-refractivity contribution in [3.8, 4) is 5.88 Å². The first-order chi connectivity index (χ1) is 14.1. The molecule has 1 aliphatic rings. The molecule has 1 N–H and O–H groups in total. The molecule has 0 spiro atoms. The fourth-order valence-electron chi connectivity index (χ4n) is 3.55. The lowest BCUT2D eigenvalue weighted by molar-refractivity contribution is -0.154. The van der Waals surface area contributed by atoms with Crippen molar-refractivity contribution in [2.75, 3.05) is 6.61 Å². The van der Waals surface area contributed by atoms with Crippen LogP contribution in [0.15, 0.2) is 18.3 Å². The Morgan fingerprint density at radius 1 is 1.23 bits per heavy atom. The molecule has 0 bridgehead atoms. The van der Waals surface area contributed by atoms with Crippen molar-refractivity contribution in [1.82, 2.24) is 20.3 Å². The first-order valence-electron chi connectivity index (χ1n) is 9.95. The third-order valence-electron chi connectivity index (χ3n) is 5.10. The predicted octanol–water partition coefficient (Wildman–Crippen LogP) is 4.58. The summed E-state index contributed by atoms with van der Waals surface area (Å²) in [6.07, 6.45) is 1.34. The van der Waals surface area contributed by atoms with Crippen LogP contribution < -0.4 is 10.1 Å². The second kappa shape index (κ2) is 8.97. The molecule has 0 aromatic carbocycles. The number of carbonyl (C=O) groups excluding carboxylic acids is 1. The molecule has 162 valence electrons. The minimum absolute atomic E-state index is 0.0813. The lowest BCUT2D eigenvalue weighted by atomic mass is 10.1. The van der Waals surface area contributed by atoms with Crippen LogP contribution in [0.1, 0.15) is 77.7 Å². The van der Waals surface area contributed by atoms with Crippen molar-refractivity contribution in [1.29, 1.82) is 0 Å². The van der Waals surface area contributed by atoms with Gasteiger partial charge in [0.05, 0.1) is 6.04 Å². The van der Waals surface area contributed by atoms with Crippen LogP contribution in [0.3, 0.4) is 0 Å². The van der Waals surface area contributed by atoms with Gasteiger partial charge in [0.2, 0.25) is 5.88 Å². The summed E-state index contributed by atoms with van der Waals surface area (Å²) in [5, 5.41) is 2.87. The Bertz CT molecular complexity index is 912. The molecule has 1 saturated carbocycles. The summed E-state index contributed by atoms with van der Waals surface area (Å²) in [4.78, 5) is 25.7. The maximum Gasteiger partial charge on any atom is 0.422 e. The van der Waals surface area contributed by atoms with E-state index in [4.69, 9.17) is 4.74 Å². The lowest BCUT2D eigenvalue weighted by Gasteiger charge is -2.17. The number of hydrogen-bond donors (Lipinski definition) is 1. The van der Waals surface area contributed by atoms with E-state index in [1.54, 1.807) is 26.0 Å². The number of nitrogens with one attached hydrogen (secondary N) is 1. The number of carbonyl (C=O) groups is 1. The van der Waals surface area contributed by atoms with Gasteiger partial charge in [-0.15, -0.1) is 0 Å². The van der Waals surface area contributed by atoms with Crippen molar-refractivity contribution in [3.63, 3.8) is 0 Å². The highest BCUT2D eigenvalue weighted by atomic mass is 19.4. The maximum absolute atomic E-state index is 12.7. The molecule has 0 aliphatic heterocycles. The van der Waals surface area contributed by atoms with Crippen LogP contribution in [0.25, 0.3) is 0 Å². The zero-order valence-electron chi connectivity index (χ0n) is 17.2. The van der Waals surface area contributed by atoms with Gasteiger partial charge in [-0.2, -0.15) is 13.2 Å². The highest BCUT2D eigenvalue weighted by molar-refractivity contribution is 5.92. The van der Waals surface area contributed by atoms with E-state index in [0.29, 0.717) is 28.6 Å². The molecule has 1 fully saturated rings. The zero-order valence-corrected chi connectivity index (χ0v) is 17.2. The summed E-state index contributed by atoms with van der Waals surface area (Å²) in [6.45, 7) is 3.82. The Morgan fingerprint density at radius 2 is 1.93 bits per heavy atom. The lowest BCUT2D eigenvalue weighted by Crippen LogP contribution is -2.28. The summed E-state index contributed by atoms with van der Waals surface area (Å²) in [6, 6.07) is 2.89. The van der Waals surface area contributed by atoms with Crippen LogP contribution in [0.4, 0.5) is 13.2 Å². The van der Waals surface area contributed by atoms with Gasteiger partial charge in [-0.05, 0) is 51.3 Å². The number of amides is 1. The van der Waals surface area contributed by atoms with Crippen LogP contribution in [-0.4, -0.2) is 33.6 Å². The largest absolute Gasteiger partial charge is 0.468 e. The smallest absolute Gasteiger partial charge is 0.422 e. The third-order valence-corrected chi connectivity index (χ3v) is 5.10. The molecule has 1 atom stereocenters. The minimum Gasteiger partial charge on any atom is -0.468 e. The summed E-state index contributed by atoms with van der Waals surface area (Å²) in [7, 11) is 0. The maximum atomic E-state index is 12.7. The number of aromatic nitrogens is 3. The normalized spacial score (nSPS) is 15.8. The highest BCUT2D eigenvalue weighted by Crippen LogP contribution is 2.32. The number of ether oxygens (including phenoxy) is 1. The van der Waals surface area contributed by atoms with Crippen molar-refractivity contribution < 1.29 is 22.7 Å². The molecule has 1 amide bonds. The minimum atomic E-state index is -4.43. The number of hydrogen-bond acceptors (Lipinski definition) is 5. The summed E-state index contributed by atoms with van der Waals surface area (Å²) in [5.74, 6) is 0.600. The van der Waals surface area contributed by atoms with E-state index in [0.717, 1.165) is 31.4 Å². The second-order valence-electron chi connectivity index (χ2n) is 7.72. The Kier molecular flexibility index (Phi) is 6.58. The molecule has 9 heteroatoms. The third kappa shape index (κ3) is 5.67. The molecule has 2 aromatic heterocycles. The quantitative estimate of drug-likeness (QED) is 0.738. The van der Waals surface area contributed by atoms with Crippen molar-refractivity contribution in [2.45, 2.75) is 64.6 Å². The molecule has 2 heterocycles. The van der Waals surface area contributed by atoms with Gasteiger partial charge in [0.15, 0.2) is 6.61 Å². The molecular formula is C21H25F3N4O2. The molecular weight excluding hydrogens is 397 g/mol. The number of nitrogens with zero attached hydrogens (tertiary/aromatic N) is 3. The fraction of sp³-hybridized carbons (Fsp3) is 0.524.